The molecule has 1 aromatic heterocycles. The first-order valence-electron chi connectivity index (χ1n) is 9.18. The Morgan fingerprint density at radius 3 is 2.59 bits per heavy atom. The van der Waals surface area contributed by atoms with Gasteiger partial charge in [-0.2, -0.15) is 0 Å². The molecule has 2 N–H and O–H groups in total. The first-order valence-corrected chi connectivity index (χ1v) is 10.0. The normalized spacial score (nSPS) is 10.9. The number of aromatic nitrogens is 1. The number of methoxy groups -OCH3 is 2. The molecule has 0 bridgehead atoms. The van der Waals surface area contributed by atoms with Crippen LogP contribution < -0.4 is 15.4 Å². The maximum Gasteiger partial charge on any atom is 0.341 e. The van der Waals surface area contributed by atoms with Crippen LogP contribution in [0.3, 0.4) is 0 Å². The molecule has 0 atom stereocenters. The van der Waals surface area contributed by atoms with Gasteiger partial charge in [0.15, 0.2) is 5.96 Å². The molecule has 1 heterocycles. The molecule has 7 nitrogen and oxygen atoms in total. The zero-order chi connectivity index (χ0) is 20.5. The van der Waals surface area contributed by atoms with E-state index in [1.165, 1.54) is 19.1 Å². The smallest absolute Gasteiger partial charge is 0.341 e. The van der Waals surface area contributed by atoms with E-state index in [4.69, 9.17) is 9.47 Å². The molecule has 29 heavy (non-hydrogen) atoms. The lowest BCUT2D eigenvalue weighted by molar-refractivity contribution is 0.0597. The van der Waals surface area contributed by atoms with Crippen molar-refractivity contribution in [1.82, 2.24) is 15.6 Å². The lowest BCUT2D eigenvalue weighted by atomic mass is 10.1. The number of rotatable bonds is 8. The molecule has 2 rings (SSSR count). The second-order valence-electron chi connectivity index (χ2n) is 6.15. The lowest BCUT2D eigenvalue weighted by Crippen LogP contribution is -2.38. The number of guanidine groups is 1. The summed E-state index contributed by atoms with van der Waals surface area (Å²) in [6, 6.07) is 5.39. The number of esters is 1. The summed E-state index contributed by atoms with van der Waals surface area (Å²) in [7, 11) is 2.88. The molecule has 0 radical (unpaired) electrons. The van der Waals surface area contributed by atoms with Crippen molar-refractivity contribution in [2.45, 2.75) is 33.7 Å². The summed E-state index contributed by atoms with van der Waals surface area (Å²) in [5.41, 5.74) is 2.39. The maximum absolute atomic E-state index is 11.9. The second-order valence-corrected chi connectivity index (χ2v) is 7.44. The Hall–Kier alpha value is -1.88. The molecule has 0 unspecified atom stereocenters. The highest BCUT2D eigenvalue weighted by Crippen LogP contribution is 2.21. The fraction of sp³-hybridized carbons (Fsp3) is 0.450. The highest BCUT2D eigenvalue weighted by atomic mass is 127. The summed E-state index contributed by atoms with van der Waals surface area (Å²) in [6.45, 7) is 8.08. The standard InChI is InChI=1S/C20H28N4O3S.HI/c1-6-21-20(22-10-9-18-24-13(2)14(3)28-18)23-12-15-7-8-17(26-4)16(11-15)19(25)27-5;/h7-8,11H,6,9-10,12H2,1-5H3,(H2,21,22,23);1H. The van der Waals surface area contributed by atoms with Gasteiger partial charge in [-0.25, -0.2) is 14.8 Å². The highest BCUT2D eigenvalue weighted by molar-refractivity contribution is 14.0. The number of ether oxygens (including phenoxy) is 2. The number of thiazole rings is 1. The Morgan fingerprint density at radius 2 is 2.00 bits per heavy atom. The van der Waals surface area contributed by atoms with Crippen LogP contribution in [0.2, 0.25) is 0 Å². The largest absolute Gasteiger partial charge is 0.496 e. The SMILES string of the molecule is CCNC(=NCc1ccc(OC)c(C(=O)OC)c1)NCCc1nc(C)c(C)s1.I. The predicted molar refractivity (Wildman–Crippen MR) is 128 cm³/mol. The van der Waals surface area contributed by atoms with Gasteiger partial charge in [-0.3, -0.25) is 0 Å². The van der Waals surface area contributed by atoms with E-state index >= 15 is 0 Å². The van der Waals surface area contributed by atoms with Crippen molar-refractivity contribution < 1.29 is 14.3 Å². The molecular weight excluding hydrogens is 503 g/mol. The van der Waals surface area contributed by atoms with E-state index in [0.29, 0.717) is 17.9 Å². The highest BCUT2D eigenvalue weighted by Gasteiger charge is 2.13. The molecule has 0 saturated heterocycles. The van der Waals surface area contributed by atoms with Gasteiger partial charge in [0.25, 0.3) is 0 Å². The van der Waals surface area contributed by atoms with E-state index in [1.54, 1.807) is 23.5 Å². The number of aryl methyl sites for hydroxylation is 2. The number of hydrogen-bond acceptors (Lipinski definition) is 6. The van der Waals surface area contributed by atoms with Crippen LogP contribution in [0.15, 0.2) is 23.2 Å². The van der Waals surface area contributed by atoms with Crippen LogP contribution >= 0.6 is 35.3 Å². The number of aliphatic imine (C=N–C) groups is 1. The summed E-state index contributed by atoms with van der Waals surface area (Å²) < 4.78 is 10.0. The van der Waals surface area contributed by atoms with E-state index in [-0.39, 0.29) is 24.0 Å². The Morgan fingerprint density at radius 1 is 1.24 bits per heavy atom. The first kappa shape index (κ1) is 25.2. The number of carbonyl (C=O) groups is 1. The van der Waals surface area contributed by atoms with Crippen LogP contribution in [-0.4, -0.2) is 44.2 Å². The second kappa shape index (κ2) is 12.6. The fourth-order valence-electron chi connectivity index (χ4n) is 2.57. The van der Waals surface area contributed by atoms with Crippen LogP contribution in [-0.2, 0) is 17.7 Å². The van der Waals surface area contributed by atoms with Gasteiger partial charge in [-0.05, 0) is 38.5 Å². The van der Waals surface area contributed by atoms with Crippen molar-refractivity contribution in [3.8, 4) is 5.75 Å². The van der Waals surface area contributed by atoms with Crippen LogP contribution in [0.4, 0.5) is 0 Å². The van der Waals surface area contributed by atoms with Crippen molar-refractivity contribution in [3.63, 3.8) is 0 Å². The van der Waals surface area contributed by atoms with E-state index in [1.807, 2.05) is 19.9 Å². The number of nitrogens with zero attached hydrogens (tertiary/aromatic N) is 2. The molecule has 1 aromatic carbocycles. The summed E-state index contributed by atoms with van der Waals surface area (Å²) in [5, 5.41) is 7.68. The van der Waals surface area contributed by atoms with E-state index in [2.05, 4.69) is 27.5 Å². The quantitative estimate of drug-likeness (QED) is 0.235. The van der Waals surface area contributed by atoms with Gasteiger partial charge in [0.05, 0.1) is 31.5 Å². The Kier molecular flexibility index (Phi) is 11.0. The lowest BCUT2D eigenvalue weighted by Gasteiger charge is -2.11. The minimum absolute atomic E-state index is 0. The topological polar surface area (TPSA) is 84.8 Å². The number of hydrogen-bond donors (Lipinski definition) is 2. The van der Waals surface area contributed by atoms with E-state index in [9.17, 15) is 4.79 Å². The van der Waals surface area contributed by atoms with Gasteiger partial charge in [-0.1, -0.05) is 6.07 Å². The number of nitrogens with one attached hydrogen (secondary N) is 2. The average molecular weight is 532 g/mol. The van der Waals surface area contributed by atoms with Crippen LogP contribution in [0.25, 0.3) is 0 Å². The minimum atomic E-state index is -0.429. The van der Waals surface area contributed by atoms with Gasteiger partial charge in [0.2, 0.25) is 0 Å². The Labute approximate surface area is 193 Å². The molecule has 0 aliphatic heterocycles. The maximum atomic E-state index is 11.9. The van der Waals surface area contributed by atoms with Crippen LogP contribution in [0.5, 0.6) is 5.75 Å². The number of benzene rings is 1. The number of carbonyl (C=O) groups excluding carboxylic acids is 1. The monoisotopic (exact) mass is 532 g/mol. The van der Waals surface area contributed by atoms with Crippen molar-refractivity contribution in [2.24, 2.45) is 4.99 Å². The summed E-state index contributed by atoms with van der Waals surface area (Å²) in [4.78, 5) is 22.3. The predicted octanol–water partition coefficient (Wildman–Crippen LogP) is 3.47. The summed E-state index contributed by atoms with van der Waals surface area (Å²) >= 11 is 1.73. The van der Waals surface area contributed by atoms with Gasteiger partial charge in [-0.15, -0.1) is 35.3 Å². The zero-order valence-electron chi connectivity index (χ0n) is 17.5. The summed E-state index contributed by atoms with van der Waals surface area (Å²) in [6.07, 6.45) is 0.846. The van der Waals surface area contributed by atoms with Gasteiger partial charge >= 0.3 is 5.97 Å². The van der Waals surface area contributed by atoms with E-state index < -0.39 is 5.97 Å². The van der Waals surface area contributed by atoms with Gasteiger partial charge in [0, 0.05) is 24.4 Å². The third-order valence-electron chi connectivity index (χ3n) is 4.14. The van der Waals surface area contributed by atoms with Gasteiger partial charge in [0.1, 0.15) is 11.3 Å². The molecule has 9 heteroatoms. The Bertz CT molecular complexity index is 820. The summed E-state index contributed by atoms with van der Waals surface area (Å²) in [5.74, 6) is 0.781. The molecule has 0 amide bonds. The van der Waals surface area contributed by atoms with E-state index in [0.717, 1.165) is 41.7 Å². The minimum Gasteiger partial charge on any atom is -0.496 e. The van der Waals surface area contributed by atoms with Gasteiger partial charge < -0.3 is 20.1 Å². The third kappa shape index (κ3) is 7.46. The molecule has 0 spiro atoms. The zero-order valence-corrected chi connectivity index (χ0v) is 20.6. The molecule has 2 aromatic rings. The molecule has 0 fully saturated rings. The third-order valence-corrected chi connectivity index (χ3v) is 5.27. The molecule has 160 valence electrons. The average Bonchev–Trinajstić information content (AvgIpc) is 3.02. The van der Waals surface area contributed by atoms with Crippen LogP contribution in [0, 0.1) is 13.8 Å². The molecule has 0 saturated carbocycles. The van der Waals surface area contributed by atoms with Crippen molar-refractivity contribution >= 4 is 47.2 Å². The van der Waals surface area contributed by atoms with Crippen molar-refractivity contribution in [3.05, 3.63) is 44.9 Å². The number of halogens is 1. The van der Waals surface area contributed by atoms with Crippen molar-refractivity contribution in [2.75, 3.05) is 27.3 Å². The molecule has 0 aliphatic rings. The van der Waals surface area contributed by atoms with Crippen molar-refractivity contribution in [1.29, 1.82) is 0 Å². The van der Waals surface area contributed by atoms with Crippen LogP contribution in [0.1, 0.15) is 38.4 Å². The fourth-order valence-corrected chi connectivity index (χ4v) is 3.50. The first-order chi connectivity index (χ1) is 13.5. The molecular formula is C20H29IN4O3S. The molecule has 0 aliphatic carbocycles. The Balaban J connectivity index is 0.00000420.